The Labute approximate surface area is 165 Å². The number of ether oxygens (including phenoxy) is 2. The third-order valence-corrected chi connectivity index (χ3v) is 4.80. The van der Waals surface area contributed by atoms with Crippen LogP contribution in [0.15, 0.2) is 40.4 Å². The van der Waals surface area contributed by atoms with Gasteiger partial charge in [-0.3, -0.25) is 9.59 Å². The molecule has 0 radical (unpaired) electrons. The summed E-state index contributed by atoms with van der Waals surface area (Å²) in [4.78, 5) is 22.5. The molecular weight excluding hydrogens is 372 g/mol. The molecule has 2 aliphatic rings. The number of nitrogens with one attached hydrogen (secondary N) is 1. The first-order valence-corrected chi connectivity index (χ1v) is 9.02. The summed E-state index contributed by atoms with van der Waals surface area (Å²) in [5.41, 5.74) is 5.38. The van der Waals surface area contributed by atoms with Crippen molar-refractivity contribution in [3.63, 3.8) is 0 Å². The van der Waals surface area contributed by atoms with Gasteiger partial charge in [0, 0.05) is 0 Å². The predicted molar refractivity (Wildman–Crippen MR) is 102 cm³/mol. The van der Waals surface area contributed by atoms with E-state index < -0.39 is 0 Å². The van der Waals surface area contributed by atoms with E-state index in [-0.39, 0.29) is 22.8 Å². The van der Waals surface area contributed by atoms with Crippen molar-refractivity contribution < 1.29 is 19.1 Å². The molecule has 0 amide bonds. The van der Waals surface area contributed by atoms with Crippen molar-refractivity contribution in [2.24, 2.45) is 37.7 Å². The standard InChI is InChI=1S/2C9H14O2.ClHN4/c2*1-4-7-6-9(7,3)8(10)11-5-2;1-3-5-4-2/h2*4,7H,1,5-6H2,2-3H3;2H. The molecule has 0 aromatic heterocycles. The van der Waals surface area contributed by atoms with Crippen molar-refractivity contribution in [2.75, 3.05) is 13.2 Å². The summed E-state index contributed by atoms with van der Waals surface area (Å²) < 4.78 is 12.4. The molecule has 8 nitrogen and oxygen atoms in total. The second-order valence-corrected chi connectivity index (χ2v) is 6.78. The highest BCUT2D eigenvalue weighted by molar-refractivity contribution is 6.13. The van der Waals surface area contributed by atoms with Crippen LogP contribution in [0.5, 0.6) is 0 Å². The van der Waals surface area contributed by atoms with E-state index in [1.165, 1.54) is 0 Å². The monoisotopic (exact) mass is 400 g/mol. The van der Waals surface area contributed by atoms with Gasteiger partial charge in [0.2, 0.25) is 0 Å². The highest BCUT2D eigenvalue weighted by Gasteiger charge is 2.56. The number of carbonyl (C=O) groups excluding carboxylic acids is 2. The van der Waals surface area contributed by atoms with E-state index in [0.29, 0.717) is 25.0 Å². The molecule has 2 fully saturated rings. The second-order valence-electron chi connectivity index (χ2n) is 6.63. The van der Waals surface area contributed by atoms with Crippen LogP contribution in [0.1, 0.15) is 40.5 Å². The average Bonchev–Trinajstić information content (AvgIpc) is 3.52. The zero-order valence-electron chi connectivity index (χ0n) is 16.4. The maximum absolute atomic E-state index is 11.2. The Kier molecular flexibility index (Phi) is 10.7. The van der Waals surface area contributed by atoms with Gasteiger partial charge < -0.3 is 9.47 Å². The minimum absolute atomic E-state index is 0.0788. The minimum atomic E-state index is -0.252. The quantitative estimate of drug-likeness (QED) is 0.278. The maximum Gasteiger partial charge on any atom is 0.312 e. The number of hydrogen-bond donors (Lipinski definition) is 1. The van der Waals surface area contributed by atoms with E-state index in [9.17, 15) is 9.59 Å². The van der Waals surface area contributed by atoms with Crippen molar-refractivity contribution in [1.29, 1.82) is 5.53 Å². The summed E-state index contributed by atoms with van der Waals surface area (Å²) in [7, 11) is 0. The molecule has 2 rings (SSSR count). The fraction of sp³-hybridized carbons (Fsp3) is 0.667. The van der Waals surface area contributed by atoms with Gasteiger partial charge in [0.25, 0.3) is 0 Å². The summed E-state index contributed by atoms with van der Waals surface area (Å²) >= 11 is 4.55. The Morgan fingerprint density at radius 1 is 1.07 bits per heavy atom. The third kappa shape index (κ3) is 7.21. The van der Waals surface area contributed by atoms with E-state index in [1.807, 2.05) is 39.8 Å². The second kappa shape index (κ2) is 11.6. The van der Waals surface area contributed by atoms with Crippen molar-refractivity contribution in [3.05, 3.63) is 25.3 Å². The minimum Gasteiger partial charge on any atom is -0.466 e. The molecule has 9 heteroatoms. The zero-order valence-corrected chi connectivity index (χ0v) is 17.2. The van der Waals surface area contributed by atoms with Crippen LogP contribution in [-0.4, -0.2) is 25.2 Å². The normalized spacial score (nSPS) is 29.8. The van der Waals surface area contributed by atoms with Crippen molar-refractivity contribution >= 4 is 23.7 Å². The van der Waals surface area contributed by atoms with Gasteiger partial charge in [-0.2, -0.15) is 5.53 Å². The van der Waals surface area contributed by atoms with Crippen LogP contribution in [-0.2, 0) is 19.1 Å². The Morgan fingerprint density at radius 3 is 1.59 bits per heavy atom. The van der Waals surface area contributed by atoms with Crippen LogP contribution in [0.3, 0.4) is 0 Å². The number of hydrogen-bond acceptors (Lipinski definition) is 6. The molecule has 2 aliphatic carbocycles. The molecule has 0 bridgehead atoms. The molecule has 4 atom stereocenters. The summed E-state index contributed by atoms with van der Waals surface area (Å²) in [6.45, 7) is 15.8. The van der Waals surface area contributed by atoms with Gasteiger partial charge in [-0.05, 0) is 62.8 Å². The highest BCUT2D eigenvalue weighted by Crippen LogP contribution is 2.54. The van der Waals surface area contributed by atoms with Crippen LogP contribution in [0.4, 0.5) is 0 Å². The molecule has 0 aliphatic heterocycles. The number of carbonyl (C=O) groups is 2. The van der Waals surface area contributed by atoms with Gasteiger partial charge >= 0.3 is 11.9 Å². The molecule has 0 heterocycles. The van der Waals surface area contributed by atoms with Gasteiger partial charge in [0.15, 0.2) is 0 Å². The van der Waals surface area contributed by atoms with Crippen molar-refractivity contribution in [1.82, 2.24) is 0 Å². The smallest absolute Gasteiger partial charge is 0.312 e. The lowest BCUT2D eigenvalue weighted by Crippen LogP contribution is -2.17. The van der Waals surface area contributed by atoms with Gasteiger partial charge in [-0.1, -0.05) is 16.8 Å². The molecule has 0 aromatic carbocycles. The van der Waals surface area contributed by atoms with Crippen LogP contribution >= 0.6 is 11.8 Å². The van der Waals surface area contributed by atoms with Crippen LogP contribution in [0.2, 0.25) is 0 Å². The first-order valence-electron chi connectivity index (χ1n) is 8.68. The largest absolute Gasteiger partial charge is 0.466 e. The SMILES string of the molecule is C=CC1CC1(C)C(=O)OCC.C=CC1CC1(C)C(=O)OCC.N=NN=NCl. The fourth-order valence-corrected chi connectivity index (χ4v) is 2.59. The van der Waals surface area contributed by atoms with Crippen LogP contribution in [0, 0.1) is 28.2 Å². The fourth-order valence-electron chi connectivity index (χ4n) is 2.56. The third-order valence-electron chi connectivity index (χ3n) is 4.74. The van der Waals surface area contributed by atoms with E-state index in [4.69, 9.17) is 15.0 Å². The number of rotatable bonds is 7. The topological polar surface area (TPSA) is 114 Å². The first kappa shape index (κ1) is 24.9. The Balaban J connectivity index is 0.000000405. The molecule has 0 spiro atoms. The van der Waals surface area contributed by atoms with Gasteiger partial charge in [-0.15, -0.1) is 13.2 Å². The molecule has 27 heavy (non-hydrogen) atoms. The predicted octanol–water partition coefficient (Wildman–Crippen LogP) is 5.06. The van der Waals surface area contributed by atoms with E-state index in [1.54, 1.807) is 0 Å². The lowest BCUT2D eigenvalue weighted by molar-refractivity contribution is -0.150. The molecule has 0 aromatic rings. The lowest BCUT2D eigenvalue weighted by Gasteiger charge is -2.07. The average molecular weight is 401 g/mol. The Bertz CT molecular complexity index is 542. The molecule has 0 saturated heterocycles. The zero-order chi connectivity index (χ0) is 21.1. The summed E-state index contributed by atoms with van der Waals surface area (Å²) in [5.74, 6) is 0.512. The van der Waals surface area contributed by atoms with Gasteiger partial charge in [0.05, 0.1) is 35.8 Å². The number of esters is 2. The number of nitrogens with zero attached hydrogens (tertiary/aromatic N) is 3. The van der Waals surface area contributed by atoms with Crippen LogP contribution in [0.25, 0.3) is 0 Å². The summed E-state index contributed by atoms with van der Waals surface area (Å²) in [5, 5.41) is 5.08. The van der Waals surface area contributed by atoms with Crippen LogP contribution < -0.4 is 0 Å². The Hall–Kier alpha value is -2.09. The maximum atomic E-state index is 11.2. The van der Waals surface area contributed by atoms with Gasteiger partial charge in [0.1, 0.15) is 0 Å². The number of halogens is 1. The lowest BCUT2D eigenvalue weighted by atomic mass is 10.1. The van der Waals surface area contributed by atoms with Crippen molar-refractivity contribution in [2.45, 2.75) is 40.5 Å². The molecule has 4 unspecified atom stereocenters. The van der Waals surface area contributed by atoms with Crippen molar-refractivity contribution in [3.8, 4) is 0 Å². The van der Waals surface area contributed by atoms with E-state index in [0.717, 1.165) is 12.8 Å². The Morgan fingerprint density at radius 2 is 1.44 bits per heavy atom. The van der Waals surface area contributed by atoms with Gasteiger partial charge in [-0.25, -0.2) is 0 Å². The molecular formula is C18H29ClN4O4. The van der Waals surface area contributed by atoms with E-state index in [2.05, 4.69) is 40.0 Å². The number of allylic oxidation sites excluding steroid dienone is 2. The van der Waals surface area contributed by atoms with E-state index >= 15 is 0 Å². The first-order chi connectivity index (χ1) is 12.7. The summed E-state index contributed by atoms with van der Waals surface area (Å²) in [6, 6.07) is 0. The molecule has 152 valence electrons. The summed E-state index contributed by atoms with van der Waals surface area (Å²) in [6.07, 6.45) is 5.46. The molecule has 1 N–H and O–H groups in total. The molecule has 2 saturated carbocycles. The highest BCUT2D eigenvalue weighted by atomic mass is 35.5.